The van der Waals surface area contributed by atoms with Crippen LogP contribution in [-0.4, -0.2) is 65.8 Å². The van der Waals surface area contributed by atoms with Crippen LogP contribution in [0.15, 0.2) is 36.5 Å². The predicted molar refractivity (Wildman–Crippen MR) is 92.4 cm³/mol. The van der Waals surface area contributed by atoms with Crippen molar-refractivity contribution in [3.63, 3.8) is 0 Å². The maximum absolute atomic E-state index is 11.4. The van der Waals surface area contributed by atoms with Gasteiger partial charge >= 0.3 is 5.97 Å². The fourth-order valence-corrected chi connectivity index (χ4v) is 3.11. The van der Waals surface area contributed by atoms with Gasteiger partial charge in [-0.3, -0.25) is 19.7 Å². The standard InChI is InChI=1S/C18H24N4O2/c1-24-17(23)14-22-9-5-8-21(10-11-22)13-16-12-19-20-18(16)15-6-3-2-4-7-15/h2-4,6-7,12H,5,8-11,13-14H2,1H3,(H,19,20). The lowest BCUT2D eigenvalue weighted by molar-refractivity contribution is -0.141. The second-order valence-corrected chi connectivity index (χ2v) is 6.12. The molecule has 0 bridgehead atoms. The maximum Gasteiger partial charge on any atom is 0.319 e. The van der Waals surface area contributed by atoms with E-state index in [-0.39, 0.29) is 5.97 Å². The molecule has 1 fully saturated rings. The van der Waals surface area contributed by atoms with Crippen molar-refractivity contribution in [2.75, 3.05) is 39.8 Å². The number of esters is 1. The number of ether oxygens (including phenoxy) is 1. The molecule has 2 aromatic rings. The van der Waals surface area contributed by atoms with Gasteiger partial charge in [0.15, 0.2) is 0 Å². The van der Waals surface area contributed by atoms with Gasteiger partial charge in [-0.05, 0) is 18.5 Å². The van der Waals surface area contributed by atoms with Crippen LogP contribution >= 0.6 is 0 Å². The number of nitrogens with zero attached hydrogens (tertiary/aromatic N) is 3. The highest BCUT2D eigenvalue weighted by Crippen LogP contribution is 2.22. The van der Waals surface area contributed by atoms with Gasteiger partial charge in [0.1, 0.15) is 0 Å². The van der Waals surface area contributed by atoms with Crippen LogP contribution in [-0.2, 0) is 16.1 Å². The minimum atomic E-state index is -0.162. The molecule has 1 aliphatic rings. The van der Waals surface area contributed by atoms with E-state index in [0.29, 0.717) is 6.54 Å². The van der Waals surface area contributed by atoms with E-state index in [1.807, 2.05) is 24.4 Å². The van der Waals surface area contributed by atoms with Gasteiger partial charge < -0.3 is 4.74 Å². The van der Waals surface area contributed by atoms with Crippen molar-refractivity contribution in [2.45, 2.75) is 13.0 Å². The zero-order chi connectivity index (χ0) is 16.8. The molecule has 0 spiro atoms. The first kappa shape index (κ1) is 16.7. The van der Waals surface area contributed by atoms with E-state index >= 15 is 0 Å². The number of methoxy groups -OCH3 is 1. The Morgan fingerprint density at radius 1 is 1.17 bits per heavy atom. The number of benzene rings is 1. The number of hydrogen-bond donors (Lipinski definition) is 1. The molecule has 6 nitrogen and oxygen atoms in total. The Labute approximate surface area is 142 Å². The monoisotopic (exact) mass is 328 g/mol. The van der Waals surface area contributed by atoms with E-state index in [4.69, 9.17) is 4.74 Å². The molecule has 1 N–H and O–H groups in total. The molecule has 0 amide bonds. The molecule has 2 heterocycles. The lowest BCUT2D eigenvalue weighted by Crippen LogP contribution is -2.34. The van der Waals surface area contributed by atoms with Crippen molar-refractivity contribution in [1.29, 1.82) is 0 Å². The molecule has 128 valence electrons. The van der Waals surface area contributed by atoms with Crippen LogP contribution in [0.5, 0.6) is 0 Å². The van der Waals surface area contributed by atoms with E-state index in [1.54, 1.807) is 0 Å². The van der Waals surface area contributed by atoms with Crippen molar-refractivity contribution >= 4 is 5.97 Å². The molecule has 1 aliphatic heterocycles. The first-order valence-corrected chi connectivity index (χ1v) is 8.35. The second kappa shape index (κ2) is 8.08. The summed E-state index contributed by atoms with van der Waals surface area (Å²) in [6.07, 6.45) is 2.97. The molecule has 1 aromatic heterocycles. The van der Waals surface area contributed by atoms with Gasteiger partial charge in [-0.2, -0.15) is 5.10 Å². The van der Waals surface area contributed by atoms with Crippen LogP contribution in [0.25, 0.3) is 11.3 Å². The van der Waals surface area contributed by atoms with Crippen molar-refractivity contribution in [3.8, 4) is 11.3 Å². The minimum absolute atomic E-state index is 0.162. The van der Waals surface area contributed by atoms with Gasteiger partial charge in [-0.25, -0.2) is 0 Å². The zero-order valence-electron chi connectivity index (χ0n) is 14.1. The smallest absolute Gasteiger partial charge is 0.319 e. The Morgan fingerprint density at radius 3 is 2.71 bits per heavy atom. The van der Waals surface area contributed by atoms with Gasteiger partial charge in [0.05, 0.1) is 25.5 Å². The summed E-state index contributed by atoms with van der Waals surface area (Å²) in [5.41, 5.74) is 3.46. The summed E-state index contributed by atoms with van der Waals surface area (Å²) in [4.78, 5) is 16.0. The molecule has 6 heteroatoms. The number of rotatable bonds is 5. The lowest BCUT2D eigenvalue weighted by atomic mass is 10.1. The normalized spacial score (nSPS) is 16.7. The Bertz CT molecular complexity index is 656. The number of aromatic nitrogens is 2. The second-order valence-electron chi connectivity index (χ2n) is 6.12. The van der Waals surface area contributed by atoms with Crippen molar-refractivity contribution < 1.29 is 9.53 Å². The minimum Gasteiger partial charge on any atom is -0.468 e. The quantitative estimate of drug-likeness (QED) is 0.848. The lowest BCUT2D eigenvalue weighted by Gasteiger charge is -2.21. The molecule has 24 heavy (non-hydrogen) atoms. The summed E-state index contributed by atoms with van der Waals surface area (Å²) >= 11 is 0. The van der Waals surface area contributed by atoms with Crippen molar-refractivity contribution in [2.24, 2.45) is 0 Å². The number of hydrogen-bond acceptors (Lipinski definition) is 5. The number of carbonyl (C=O) groups excluding carboxylic acids is 1. The predicted octanol–water partition coefficient (Wildman–Crippen LogP) is 1.76. The van der Waals surface area contributed by atoms with Gasteiger partial charge in [-0.15, -0.1) is 0 Å². The van der Waals surface area contributed by atoms with Gasteiger partial charge in [0, 0.05) is 31.7 Å². The topological polar surface area (TPSA) is 61.5 Å². The van der Waals surface area contributed by atoms with Gasteiger partial charge in [-0.1, -0.05) is 30.3 Å². The third kappa shape index (κ3) is 4.21. The average Bonchev–Trinajstić information content (AvgIpc) is 2.96. The van der Waals surface area contributed by atoms with Crippen molar-refractivity contribution in [1.82, 2.24) is 20.0 Å². The highest BCUT2D eigenvalue weighted by Gasteiger charge is 2.19. The molecular weight excluding hydrogens is 304 g/mol. The third-order valence-corrected chi connectivity index (χ3v) is 4.44. The SMILES string of the molecule is COC(=O)CN1CCCN(Cc2cn[nH]c2-c2ccccc2)CC1. The highest BCUT2D eigenvalue weighted by atomic mass is 16.5. The molecule has 0 radical (unpaired) electrons. The first-order valence-electron chi connectivity index (χ1n) is 8.35. The summed E-state index contributed by atoms with van der Waals surface area (Å²) in [5.74, 6) is -0.162. The molecule has 0 unspecified atom stereocenters. The average molecular weight is 328 g/mol. The van der Waals surface area contributed by atoms with Crippen LogP contribution in [0.3, 0.4) is 0 Å². The molecule has 1 aromatic carbocycles. The number of carbonyl (C=O) groups is 1. The van der Waals surface area contributed by atoms with Crippen LogP contribution < -0.4 is 0 Å². The van der Waals surface area contributed by atoms with Crippen LogP contribution in [0.2, 0.25) is 0 Å². The van der Waals surface area contributed by atoms with Gasteiger partial charge in [0.2, 0.25) is 0 Å². The number of H-pyrrole nitrogens is 1. The largest absolute Gasteiger partial charge is 0.468 e. The fraction of sp³-hybridized carbons (Fsp3) is 0.444. The van der Waals surface area contributed by atoms with Crippen LogP contribution in [0.1, 0.15) is 12.0 Å². The fourth-order valence-electron chi connectivity index (χ4n) is 3.11. The summed E-state index contributed by atoms with van der Waals surface area (Å²) in [5, 5.41) is 7.35. The number of nitrogens with one attached hydrogen (secondary N) is 1. The Hall–Kier alpha value is -2.18. The molecular formula is C18H24N4O2. The Balaban J connectivity index is 1.61. The first-order chi connectivity index (χ1) is 11.8. The molecule has 0 atom stereocenters. The Morgan fingerprint density at radius 2 is 1.92 bits per heavy atom. The van der Waals surface area contributed by atoms with Crippen molar-refractivity contribution in [3.05, 3.63) is 42.1 Å². The summed E-state index contributed by atoms with van der Waals surface area (Å²) in [6, 6.07) is 10.3. The van der Waals surface area contributed by atoms with Crippen LogP contribution in [0.4, 0.5) is 0 Å². The van der Waals surface area contributed by atoms with E-state index in [9.17, 15) is 4.79 Å². The summed E-state index contributed by atoms with van der Waals surface area (Å²) < 4.78 is 4.76. The molecule has 0 aliphatic carbocycles. The third-order valence-electron chi connectivity index (χ3n) is 4.44. The van der Waals surface area contributed by atoms with Crippen LogP contribution in [0, 0.1) is 0 Å². The van der Waals surface area contributed by atoms with E-state index in [0.717, 1.165) is 50.4 Å². The molecule has 1 saturated heterocycles. The summed E-state index contributed by atoms with van der Waals surface area (Å²) in [6.45, 7) is 5.03. The molecule has 0 saturated carbocycles. The highest BCUT2D eigenvalue weighted by molar-refractivity contribution is 5.71. The Kier molecular flexibility index (Phi) is 5.61. The molecule has 3 rings (SSSR count). The number of aromatic amines is 1. The van der Waals surface area contributed by atoms with E-state index in [1.165, 1.54) is 12.7 Å². The zero-order valence-corrected chi connectivity index (χ0v) is 14.1. The van der Waals surface area contributed by atoms with Gasteiger partial charge in [0.25, 0.3) is 0 Å². The van der Waals surface area contributed by atoms with E-state index in [2.05, 4.69) is 32.1 Å². The van der Waals surface area contributed by atoms with E-state index < -0.39 is 0 Å². The summed E-state index contributed by atoms with van der Waals surface area (Å²) in [7, 11) is 1.44. The maximum atomic E-state index is 11.4.